The summed E-state index contributed by atoms with van der Waals surface area (Å²) in [6.07, 6.45) is 8.86. The molecule has 2 rings (SSSR count). The lowest BCUT2D eigenvalue weighted by molar-refractivity contribution is -0.128. The lowest BCUT2D eigenvalue weighted by Gasteiger charge is -2.23. The maximum absolute atomic E-state index is 12.3. The Morgan fingerprint density at radius 3 is 2.97 bits per heavy atom. The molecule has 1 saturated heterocycles. The Hall–Kier alpha value is -2.10. The van der Waals surface area contributed by atoms with Gasteiger partial charge in [-0.1, -0.05) is 26.0 Å². The van der Waals surface area contributed by atoms with Crippen molar-refractivity contribution < 1.29 is 19.4 Å². The van der Waals surface area contributed by atoms with Crippen LogP contribution in [-0.2, 0) is 16.0 Å². The molecule has 0 aliphatic carbocycles. The van der Waals surface area contributed by atoms with E-state index < -0.39 is 6.10 Å². The van der Waals surface area contributed by atoms with Gasteiger partial charge in [-0.3, -0.25) is 4.79 Å². The molecule has 0 radical (unpaired) electrons. The van der Waals surface area contributed by atoms with E-state index in [2.05, 4.69) is 18.8 Å². The Morgan fingerprint density at radius 1 is 1.43 bits per heavy atom. The lowest BCUT2D eigenvalue weighted by atomic mass is 10.00. The van der Waals surface area contributed by atoms with Gasteiger partial charge in [0.05, 0.1) is 19.3 Å². The fourth-order valence-corrected chi connectivity index (χ4v) is 4.36. The summed E-state index contributed by atoms with van der Waals surface area (Å²) in [5.74, 6) is 6.17. The van der Waals surface area contributed by atoms with Gasteiger partial charge in [-0.05, 0) is 43.7 Å². The van der Waals surface area contributed by atoms with Crippen LogP contribution in [0.3, 0.4) is 0 Å². The smallest absolute Gasteiger partial charge is 0.348 e. The van der Waals surface area contributed by atoms with Gasteiger partial charge in [-0.15, -0.1) is 23.2 Å². The minimum absolute atomic E-state index is 0.0412. The SMILES string of the molecule is CCCC#CC[C@H](C)[C@H](O)C=CC1CCC(=O)N1CCCc1ccc(C(=O)OC)s1. The zero-order valence-corrected chi connectivity index (χ0v) is 19.0. The van der Waals surface area contributed by atoms with Crippen molar-refractivity contribution in [3.05, 3.63) is 34.0 Å². The van der Waals surface area contributed by atoms with E-state index in [4.69, 9.17) is 4.74 Å². The van der Waals surface area contributed by atoms with E-state index >= 15 is 0 Å². The van der Waals surface area contributed by atoms with E-state index in [1.54, 1.807) is 6.07 Å². The number of hydrogen-bond donors (Lipinski definition) is 1. The van der Waals surface area contributed by atoms with E-state index in [-0.39, 0.29) is 23.8 Å². The van der Waals surface area contributed by atoms with Crippen molar-refractivity contribution in [1.82, 2.24) is 4.90 Å². The molecule has 0 aromatic carbocycles. The number of carbonyl (C=O) groups is 2. The summed E-state index contributed by atoms with van der Waals surface area (Å²) in [7, 11) is 1.38. The third-order valence-electron chi connectivity index (χ3n) is 5.28. The van der Waals surface area contributed by atoms with Crippen LogP contribution < -0.4 is 0 Å². The molecule has 30 heavy (non-hydrogen) atoms. The normalized spacial score (nSPS) is 18.3. The Balaban J connectivity index is 1.83. The Morgan fingerprint density at radius 2 is 2.23 bits per heavy atom. The van der Waals surface area contributed by atoms with Gasteiger partial charge in [0.15, 0.2) is 0 Å². The van der Waals surface area contributed by atoms with Gasteiger partial charge in [0, 0.05) is 30.7 Å². The first-order chi connectivity index (χ1) is 14.5. The highest BCUT2D eigenvalue weighted by Crippen LogP contribution is 2.23. The summed E-state index contributed by atoms with van der Waals surface area (Å²) >= 11 is 1.44. The van der Waals surface area contributed by atoms with Crippen LogP contribution in [0.1, 0.15) is 66.9 Å². The van der Waals surface area contributed by atoms with Crippen molar-refractivity contribution in [1.29, 1.82) is 0 Å². The number of aryl methyl sites for hydroxylation is 1. The van der Waals surface area contributed by atoms with Crippen LogP contribution in [-0.4, -0.2) is 47.7 Å². The summed E-state index contributed by atoms with van der Waals surface area (Å²) in [4.78, 5) is 27.5. The third kappa shape index (κ3) is 7.30. The van der Waals surface area contributed by atoms with Gasteiger partial charge >= 0.3 is 5.97 Å². The minimum atomic E-state index is -0.554. The molecule has 1 aliphatic rings. The fourth-order valence-electron chi connectivity index (χ4n) is 3.39. The van der Waals surface area contributed by atoms with E-state index in [0.717, 1.165) is 37.0 Å². The van der Waals surface area contributed by atoms with Gasteiger partial charge in [-0.2, -0.15) is 0 Å². The maximum Gasteiger partial charge on any atom is 0.348 e. The zero-order chi connectivity index (χ0) is 21.9. The monoisotopic (exact) mass is 431 g/mol. The average Bonchev–Trinajstić information content (AvgIpc) is 3.36. The fraction of sp³-hybridized carbons (Fsp3) is 0.583. The van der Waals surface area contributed by atoms with Crippen LogP contribution in [0.15, 0.2) is 24.3 Å². The van der Waals surface area contributed by atoms with Gasteiger partial charge < -0.3 is 14.7 Å². The number of amides is 1. The van der Waals surface area contributed by atoms with Gasteiger partial charge in [-0.25, -0.2) is 4.79 Å². The second kappa shape index (κ2) is 12.6. The summed E-state index contributed by atoms with van der Waals surface area (Å²) in [5.41, 5.74) is 0. The molecule has 3 atom stereocenters. The molecule has 0 spiro atoms. The lowest BCUT2D eigenvalue weighted by Crippen LogP contribution is -2.33. The number of methoxy groups -OCH3 is 1. The molecule has 0 saturated carbocycles. The number of likely N-dealkylation sites (tertiary alicyclic amines) is 1. The highest BCUT2D eigenvalue weighted by atomic mass is 32.1. The first-order valence-electron chi connectivity index (χ1n) is 10.7. The van der Waals surface area contributed by atoms with Crippen LogP contribution >= 0.6 is 11.3 Å². The molecule has 2 heterocycles. The van der Waals surface area contributed by atoms with Crippen molar-refractivity contribution in [2.24, 2.45) is 5.92 Å². The molecule has 1 amide bonds. The second-order valence-corrected chi connectivity index (χ2v) is 8.88. The Bertz CT molecular complexity index is 789. The standard InChI is InChI=1S/C24H33NO4S/c1-4-5-6-7-9-18(2)21(26)14-11-19-12-16-23(27)25(19)17-8-10-20-13-15-22(30-20)24(28)29-3/h11,13-15,18-19,21,26H,4-5,8-10,12,16-17H2,1-3H3/t18-,19?,21+/m0/s1. The molecule has 1 unspecified atom stereocenters. The van der Waals surface area contributed by atoms with Crippen LogP contribution in [0, 0.1) is 17.8 Å². The summed E-state index contributed by atoms with van der Waals surface area (Å²) in [5, 5.41) is 10.4. The second-order valence-electron chi connectivity index (χ2n) is 7.71. The number of aliphatic hydroxyl groups excluding tert-OH is 1. The minimum Gasteiger partial charge on any atom is -0.465 e. The molecule has 1 N–H and O–H groups in total. The van der Waals surface area contributed by atoms with Crippen molar-refractivity contribution in [2.75, 3.05) is 13.7 Å². The number of ether oxygens (including phenoxy) is 1. The van der Waals surface area contributed by atoms with Gasteiger partial charge in [0.25, 0.3) is 0 Å². The van der Waals surface area contributed by atoms with Crippen LogP contribution in [0.25, 0.3) is 0 Å². The topological polar surface area (TPSA) is 66.8 Å². The van der Waals surface area contributed by atoms with Crippen molar-refractivity contribution in [3.8, 4) is 11.8 Å². The molecule has 1 aromatic rings. The molecular weight excluding hydrogens is 398 g/mol. The third-order valence-corrected chi connectivity index (χ3v) is 6.41. The first kappa shape index (κ1) is 24.2. The Labute approximate surface area is 184 Å². The number of unbranched alkanes of at least 4 members (excludes halogenated alkanes) is 1. The number of carbonyl (C=O) groups excluding carboxylic acids is 2. The molecule has 1 aliphatic heterocycles. The molecule has 1 aromatic heterocycles. The summed E-state index contributed by atoms with van der Waals surface area (Å²) < 4.78 is 4.74. The number of aliphatic hydroxyl groups is 1. The predicted octanol–water partition coefficient (Wildman–Crippen LogP) is 4.21. The van der Waals surface area contributed by atoms with Gasteiger partial charge in [0.2, 0.25) is 5.91 Å². The highest BCUT2D eigenvalue weighted by Gasteiger charge is 2.28. The quantitative estimate of drug-likeness (QED) is 0.342. The average molecular weight is 432 g/mol. The number of esters is 1. The molecule has 164 valence electrons. The van der Waals surface area contributed by atoms with E-state index in [9.17, 15) is 14.7 Å². The Kier molecular flexibility index (Phi) is 10.1. The van der Waals surface area contributed by atoms with E-state index in [1.165, 1.54) is 18.4 Å². The van der Waals surface area contributed by atoms with Crippen LogP contribution in [0.5, 0.6) is 0 Å². The van der Waals surface area contributed by atoms with Crippen LogP contribution in [0.4, 0.5) is 0 Å². The van der Waals surface area contributed by atoms with Crippen molar-refractivity contribution in [2.45, 2.75) is 70.9 Å². The number of nitrogens with zero attached hydrogens (tertiary/aromatic N) is 1. The maximum atomic E-state index is 12.3. The molecule has 5 nitrogen and oxygen atoms in total. The first-order valence-corrected chi connectivity index (χ1v) is 11.6. The van der Waals surface area contributed by atoms with Crippen LogP contribution in [0.2, 0.25) is 0 Å². The predicted molar refractivity (Wildman–Crippen MR) is 120 cm³/mol. The molecule has 1 fully saturated rings. The summed E-state index contributed by atoms with van der Waals surface area (Å²) in [6.45, 7) is 4.77. The number of rotatable bonds is 10. The zero-order valence-electron chi connectivity index (χ0n) is 18.2. The van der Waals surface area contributed by atoms with Crippen molar-refractivity contribution >= 4 is 23.2 Å². The number of thiophene rings is 1. The van der Waals surface area contributed by atoms with Gasteiger partial charge in [0.1, 0.15) is 4.88 Å². The van der Waals surface area contributed by atoms with Crippen molar-refractivity contribution in [3.63, 3.8) is 0 Å². The molecular formula is C24H33NO4S. The molecule has 6 heteroatoms. The van der Waals surface area contributed by atoms with E-state index in [0.29, 0.717) is 24.3 Å². The largest absolute Gasteiger partial charge is 0.465 e. The number of hydrogen-bond acceptors (Lipinski definition) is 5. The molecule has 0 bridgehead atoms. The van der Waals surface area contributed by atoms with E-state index in [1.807, 2.05) is 30.0 Å². The highest BCUT2D eigenvalue weighted by molar-refractivity contribution is 7.13. The summed E-state index contributed by atoms with van der Waals surface area (Å²) in [6, 6.07) is 3.77.